The lowest BCUT2D eigenvalue weighted by atomic mass is 9.75. The van der Waals surface area contributed by atoms with E-state index in [0.29, 0.717) is 24.6 Å². The van der Waals surface area contributed by atoms with Gasteiger partial charge in [0.1, 0.15) is 11.4 Å². The van der Waals surface area contributed by atoms with Crippen LogP contribution in [0.15, 0.2) is 24.5 Å². The van der Waals surface area contributed by atoms with Gasteiger partial charge in [-0.25, -0.2) is 4.98 Å². The van der Waals surface area contributed by atoms with E-state index in [-0.39, 0.29) is 42.9 Å². The van der Waals surface area contributed by atoms with E-state index in [1.54, 1.807) is 12.0 Å². The van der Waals surface area contributed by atoms with E-state index >= 15 is 0 Å². The summed E-state index contributed by atoms with van der Waals surface area (Å²) in [5.74, 6) is 0.121. The molecule has 0 atom stereocenters. The number of piperidine rings is 1. The molecule has 2 aromatic heterocycles. The molecule has 2 fully saturated rings. The van der Waals surface area contributed by atoms with E-state index in [1.807, 2.05) is 19.2 Å². The topological polar surface area (TPSA) is 73.8 Å². The Kier molecular flexibility index (Phi) is 7.37. The first-order chi connectivity index (χ1) is 16.7. The third-order valence-electron chi connectivity index (χ3n) is 6.92. The Morgan fingerprint density at radius 1 is 1.03 bits per heavy atom. The maximum Gasteiger partial charge on any atom is 0.391 e. The van der Waals surface area contributed by atoms with Crippen LogP contribution in [0, 0.1) is 18.8 Å². The average molecular weight is 494 g/mol. The van der Waals surface area contributed by atoms with Crippen molar-refractivity contribution in [3.05, 3.63) is 41.5 Å². The minimum absolute atomic E-state index is 0.0658. The van der Waals surface area contributed by atoms with E-state index in [9.17, 15) is 18.0 Å². The molecule has 3 heterocycles. The molecular formula is C25H30F3N3O4. The second-order valence-corrected chi connectivity index (χ2v) is 9.24. The Balaban J connectivity index is 1.34. The number of likely N-dealkylation sites (tertiary alicyclic amines) is 1. The predicted octanol–water partition coefficient (Wildman–Crippen LogP) is 4.79. The molecule has 0 aromatic carbocycles. The Morgan fingerprint density at radius 2 is 1.71 bits per heavy atom. The number of hydrogen-bond acceptors (Lipinski definition) is 6. The van der Waals surface area contributed by atoms with Crippen LogP contribution in [-0.2, 0) is 0 Å². The number of aromatic nitrogens is 2. The molecule has 2 aromatic rings. The number of aryl methyl sites for hydroxylation is 1. The lowest BCUT2D eigenvalue weighted by molar-refractivity contribution is -0.206. The van der Waals surface area contributed by atoms with E-state index < -0.39 is 12.1 Å². The molecule has 7 nitrogen and oxygen atoms in total. The molecule has 0 N–H and O–H groups in total. The molecule has 1 aliphatic carbocycles. The maximum atomic E-state index is 13.1. The van der Waals surface area contributed by atoms with Crippen molar-refractivity contribution < 1.29 is 32.2 Å². The summed E-state index contributed by atoms with van der Waals surface area (Å²) in [5, 5.41) is 0. The number of hydrogen-bond donors (Lipinski definition) is 0. The summed E-state index contributed by atoms with van der Waals surface area (Å²) in [5.41, 5.74) is 2.19. The highest BCUT2D eigenvalue weighted by Gasteiger charge is 2.47. The third kappa shape index (κ3) is 5.62. The van der Waals surface area contributed by atoms with Gasteiger partial charge in [0.15, 0.2) is 11.5 Å². The van der Waals surface area contributed by atoms with Crippen LogP contribution in [0.5, 0.6) is 17.2 Å². The van der Waals surface area contributed by atoms with Crippen molar-refractivity contribution >= 4 is 5.91 Å². The molecule has 0 spiro atoms. The Hall–Kier alpha value is -3.04. The molecule has 1 saturated carbocycles. The molecule has 190 valence electrons. The summed E-state index contributed by atoms with van der Waals surface area (Å²) in [6.45, 7) is 3.22. The number of rotatable bonds is 7. The molecule has 2 aliphatic rings. The van der Waals surface area contributed by atoms with Gasteiger partial charge in [0, 0.05) is 42.7 Å². The summed E-state index contributed by atoms with van der Waals surface area (Å²) in [6, 6.07) is 3.45. The van der Waals surface area contributed by atoms with E-state index in [2.05, 4.69) is 9.97 Å². The first-order valence-electron chi connectivity index (χ1n) is 11.7. The molecule has 10 heteroatoms. The number of alkyl halides is 3. The van der Waals surface area contributed by atoms with Gasteiger partial charge in [-0.2, -0.15) is 13.2 Å². The van der Waals surface area contributed by atoms with Gasteiger partial charge in [-0.05, 0) is 44.4 Å². The largest absolute Gasteiger partial charge is 0.496 e. The zero-order valence-electron chi connectivity index (χ0n) is 20.1. The lowest BCUT2D eigenvalue weighted by Crippen LogP contribution is -2.38. The minimum atomic E-state index is -4.14. The Bertz CT molecular complexity index is 1050. The van der Waals surface area contributed by atoms with Gasteiger partial charge in [0.2, 0.25) is 0 Å². The third-order valence-corrected chi connectivity index (χ3v) is 6.92. The highest BCUT2D eigenvalue weighted by molar-refractivity contribution is 5.93. The molecule has 0 radical (unpaired) electrons. The molecular weight excluding hydrogens is 463 g/mol. The summed E-state index contributed by atoms with van der Waals surface area (Å²) >= 11 is 0. The lowest BCUT2D eigenvalue weighted by Gasteiger charge is -2.36. The monoisotopic (exact) mass is 493 g/mol. The first-order valence-corrected chi connectivity index (χ1v) is 11.7. The van der Waals surface area contributed by atoms with Gasteiger partial charge in [0.05, 0.1) is 32.9 Å². The van der Waals surface area contributed by atoms with Crippen molar-refractivity contribution in [2.75, 3.05) is 33.9 Å². The van der Waals surface area contributed by atoms with Crippen LogP contribution in [-0.4, -0.2) is 60.9 Å². The summed E-state index contributed by atoms with van der Waals surface area (Å²) < 4.78 is 54.6. The summed E-state index contributed by atoms with van der Waals surface area (Å²) in [7, 11) is 3.10. The molecule has 0 unspecified atom stereocenters. The van der Waals surface area contributed by atoms with Crippen LogP contribution in [0.4, 0.5) is 13.2 Å². The average Bonchev–Trinajstić information content (AvgIpc) is 2.81. The van der Waals surface area contributed by atoms with Gasteiger partial charge in [-0.3, -0.25) is 9.78 Å². The van der Waals surface area contributed by atoms with Gasteiger partial charge in [-0.15, -0.1) is 0 Å². The zero-order valence-corrected chi connectivity index (χ0v) is 20.1. The summed E-state index contributed by atoms with van der Waals surface area (Å²) in [6.07, 6.45) is 0.814. The molecule has 35 heavy (non-hydrogen) atoms. The summed E-state index contributed by atoms with van der Waals surface area (Å²) in [4.78, 5) is 23.5. The van der Waals surface area contributed by atoms with Crippen molar-refractivity contribution in [2.45, 2.75) is 44.7 Å². The van der Waals surface area contributed by atoms with Crippen LogP contribution < -0.4 is 14.2 Å². The number of pyridine rings is 2. The number of carbonyl (C=O) groups is 1. The Morgan fingerprint density at radius 3 is 2.34 bits per heavy atom. The number of amides is 1. The van der Waals surface area contributed by atoms with Crippen molar-refractivity contribution in [2.24, 2.45) is 11.8 Å². The van der Waals surface area contributed by atoms with Crippen LogP contribution in [0.2, 0.25) is 0 Å². The van der Waals surface area contributed by atoms with E-state index in [1.165, 1.54) is 19.4 Å². The molecule has 4 rings (SSSR count). The van der Waals surface area contributed by atoms with Crippen LogP contribution in [0.1, 0.15) is 53.3 Å². The molecule has 1 saturated heterocycles. The van der Waals surface area contributed by atoms with Crippen molar-refractivity contribution in [1.29, 1.82) is 0 Å². The van der Waals surface area contributed by atoms with Gasteiger partial charge < -0.3 is 19.1 Å². The van der Waals surface area contributed by atoms with Gasteiger partial charge in [0.25, 0.3) is 5.91 Å². The van der Waals surface area contributed by atoms with E-state index in [4.69, 9.17) is 14.2 Å². The van der Waals surface area contributed by atoms with Crippen LogP contribution >= 0.6 is 0 Å². The standard InChI is InChI=1S/C25H30F3N3O4/c1-15-8-21(33-2)19(12-29-15)17-4-6-31(7-5-17)24(32)20-11-22(34-3)23(13-30-20)35-14-16-9-18(10-16)25(26,27)28/h8,11-13,16-18H,4-7,9-10,14H2,1-3H3. The van der Waals surface area contributed by atoms with Crippen LogP contribution in [0.25, 0.3) is 0 Å². The fourth-order valence-corrected chi connectivity index (χ4v) is 4.74. The van der Waals surface area contributed by atoms with Gasteiger partial charge >= 0.3 is 6.18 Å². The van der Waals surface area contributed by atoms with Crippen molar-refractivity contribution in [3.63, 3.8) is 0 Å². The second kappa shape index (κ2) is 10.3. The minimum Gasteiger partial charge on any atom is -0.496 e. The van der Waals surface area contributed by atoms with Crippen molar-refractivity contribution in [1.82, 2.24) is 14.9 Å². The first kappa shape index (κ1) is 25.1. The quantitative estimate of drug-likeness (QED) is 0.552. The maximum absolute atomic E-state index is 13.1. The molecule has 1 amide bonds. The smallest absolute Gasteiger partial charge is 0.391 e. The Labute approximate surface area is 202 Å². The van der Waals surface area contributed by atoms with Crippen molar-refractivity contribution in [3.8, 4) is 17.2 Å². The highest BCUT2D eigenvalue weighted by atomic mass is 19.4. The number of carbonyl (C=O) groups excluding carboxylic acids is 1. The SMILES string of the molecule is COc1cc(C(=O)N2CCC(c3cnc(C)cc3OC)CC2)ncc1OCC1CC(C(F)(F)F)C1. The van der Waals surface area contributed by atoms with Crippen LogP contribution in [0.3, 0.4) is 0 Å². The predicted molar refractivity (Wildman–Crippen MR) is 122 cm³/mol. The number of methoxy groups -OCH3 is 2. The number of ether oxygens (including phenoxy) is 3. The van der Waals surface area contributed by atoms with E-state index in [0.717, 1.165) is 29.8 Å². The molecule has 1 aliphatic heterocycles. The number of halogens is 3. The fourth-order valence-electron chi connectivity index (χ4n) is 4.74. The zero-order chi connectivity index (χ0) is 25.2. The number of nitrogens with zero attached hydrogens (tertiary/aromatic N) is 3. The van der Waals surface area contributed by atoms with Gasteiger partial charge in [-0.1, -0.05) is 0 Å². The fraction of sp³-hybridized carbons (Fsp3) is 0.560. The molecule has 0 bridgehead atoms. The normalized spacial score (nSPS) is 20.8. The second-order valence-electron chi connectivity index (χ2n) is 9.24. The highest BCUT2D eigenvalue weighted by Crippen LogP contribution is 2.45.